The maximum absolute atomic E-state index is 10.5. The summed E-state index contributed by atoms with van der Waals surface area (Å²) in [6.45, 7) is 21.1. The van der Waals surface area contributed by atoms with Crippen molar-refractivity contribution < 1.29 is 43.2 Å². The topological polar surface area (TPSA) is 202 Å². The van der Waals surface area contributed by atoms with E-state index in [1.165, 1.54) is 95.6 Å². The predicted octanol–water partition coefficient (Wildman–Crippen LogP) is 6.43. The second kappa shape index (κ2) is 42.6. The third-order valence-corrected chi connectivity index (χ3v) is 4.70. The van der Waals surface area contributed by atoms with Gasteiger partial charge in [-0.1, -0.05) is 78.9 Å². The molecule has 0 fully saturated rings. The molecule has 0 aliphatic rings. The van der Waals surface area contributed by atoms with Gasteiger partial charge in [-0.15, -0.1) is 0 Å². The first-order valence-corrected chi connectivity index (χ1v) is 17.9. The number of para-hydroxylation sites is 1. The van der Waals surface area contributed by atoms with Gasteiger partial charge in [-0.2, -0.15) is 0 Å². The van der Waals surface area contributed by atoms with Gasteiger partial charge in [-0.25, -0.2) is 0 Å². The number of carbonyl (C=O) groups excluding carboxylic acids is 9. The molecule has 3 aromatic rings. The van der Waals surface area contributed by atoms with E-state index in [0.29, 0.717) is 6.54 Å². The Morgan fingerprint density at radius 1 is 0.386 bits per heavy atom. The third-order valence-electron chi connectivity index (χ3n) is 4.70. The molecular formula is C44H66N4O9. The van der Waals surface area contributed by atoms with E-state index in [0.717, 1.165) is 24.2 Å². The van der Waals surface area contributed by atoms with Crippen LogP contribution in [0.5, 0.6) is 0 Å². The molecule has 0 unspecified atom stereocenters. The highest BCUT2D eigenvalue weighted by Crippen LogP contribution is 2.03. The van der Waals surface area contributed by atoms with Crippen molar-refractivity contribution in [3.8, 4) is 0 Å². The Labute approximate surface area is 340 Å². The minimum Gasteiger partial charge on any atom is -0.356 e. The van der Waals surface area contributed by atoms with Crippen LogP contribution in [0.2, 0.25) is 0 Å². The molecule has 0 heterocycles. The summed E-state index contributed by atoms with van der Waals surface area (Å²) in [5.41, 5.74) is 3.23. The Balaban J connectivity index is -0.000000189. The van der Waals surface area contributed by atoms with Crippen LogP contribution in [0.3, 0.4) is 0 Å². The van der Waals surface area contributed by atoms with Crippen LogP contribution in [0.25, 0.3) is 0 Å². The van der Waals surface area contributed by atoms with Crippen LogP contribution in [0.4, 0.5) is 5.69 Å². The van der Waals surface area contributed by atoms with Crippen LogP contribution in [-0.4, -0.2) is 65.6 Å². The molecule has 3 aromatic carbocycles. The van der Waals surface area contributed by atoms with Crippen LogP contribution in [0.15, 0.2) is 91.0 Å². The van der Waals surface area contributed by atoms with Gasteiger partial charge in [0.05, 0.1) is 6.54 Å². The Kier molecular flexibility index (Phi) is 45.0. The lowest BCUT2D eigenvalue weighted by Crippen LogP contribution is -2.25. The monoisotopic (exact) mass is 794 g/mol. The fraction of sp³-hybridized carbons (Fsp3) is 0.386. The van der Waals surface area contributed by atoms with Crippen LogP contribution in [0.1, 0.15) is 101 Å². The molecule has 0 bridgehead atoms. The number of nitrogens with one attached hydrogen (secondary N) is 4. The number of hydrogen-bond acceptors (Lipinski definition) is 9. The normalized spacial score (nSPS) is 8.30. The van der Waals surface area contributed by atoms with Gasteiger partial charge in [0.15, 0.2) is 0 Å². The molecule has 0 spiro atoms. The lowest BCUT2D eigenvalue weighted by Gasteiger charge is -2.01. The van der Waals surface area contributed by atoms with Crippen molar-refractivity contribution in [1.29, 1.82) is 0 Å². The second-order valence-electron chi connectivity index (χ2n) is 12.4. The zero-order valence-corrected chi connectivity index (χ0v) is 36.2. The molecule has 4 N–H and O–H groups in total. The Hall–Kier alpha value is -6.11. The second-order valence-corrected chi connectivity index (χ2v) is 12.4. The molecule has 13 heteroatoms. The van der Waals surface area contributed by atoms with Gasteiger partial charge >= 0.3 is 0 Å². The molecule has 3 rings (SSSR count). The summed E-state index contributed by atoms with van der Waals surface area (Å²) in [6, 6.07) is 29.3. The lowest BCUT2D eigenvalue weighted by atomic mass is 10.1. The molecule has 0 aliphatic carbocycles. The Morgan fingerprint density at radius 3 is 0.982 bits per heavy atom. The number of Topliss-reactive ketones (excluding diaryl/α,β-unsaturated/α-hetero) is 5. The minimum absolute atomic E-state index is 0.00820. The molecule has 0 atom stereocenters. The Morgan fingerprint density at radius 2 is 0.702 bits per heavy atom. The maximum atomic E-state index is 10.5. The highest BCUT2D eigenvalue weighted by Gasteiger charge is 1.94. The van der Waals surface area contributed by atoms with Crippen molar-refractivity contribution >= 4 is 58.2 Å². The van der Waals surface area contributed by atoms with Gasteiger partial charge in [0.25, 0.3) is 0 Å². The van der Waals surface area contributed by atoms with Gasteiger partial charge in [-0.05, 0) is 92.0 Å². The number of amides is 4. The summed E-state index contributed by atoms with van der Waals surface area (Å²) in [6.07, 6.45) is 0.903. The summed E-state index contributed by atoms with van der Waals surface area (Å²) >= 11 is 0. The van der Waals surface area contributed by atoms with Gasteiger partial charge in [-0.3, -0.25) is 24.0 Å². The highest BCUT2D eigenvalue weighted by molar-refractivity contribution is 5.88. The Bertz CT molecular complexity index is 1480. The van der Waals surface area contributed by atoms with E-state index in [-0.39, 0.29) is 59.1 Å². The van der Waals surface area contributed by atoms with Crippen molar-refractivity contribution in [2.24, 2.45) is 0 Å². The first kappa shape index (κ1) is 60.1. The van der Waals surface area contributed by atoms with Crippen molar-refractivity contribution in [1.82, 2.24) is 16.0 Å². The number of hydrogen-bond donors (Lipinski definition) is 4. The molecule has 0 radical (unpaired) electrons. The fourth-order valence-electron chi connectivity index (χ4n) is 2.82. The summed E-state index contributed by atoms with van der Waals surface area (Å²) in [5.74, 6) is 0.478. The van der Waals surface area contributed by atoms with Crippen LogP contribution in [-0.2, 0) is 56.1 Å². The molecule has 316 valence electrons. The molecule has 13 nitrogen and oxygen atoms in total. The quantitative estimate of drug-likeness (QED) is 0.198. The highest BCUT2D eigenvalue weighted by atomic mass is 16.2. The zero-order chi connectivity index (χ0) is 45.2. The van der Waals surface area contributed by atoms with E-state index < -0.39 is 0 Å². The zero-order valence-electron chi connectivity index (χ0n) is 36.2. The van der Waals surface area contributed by atoms with Crippen LogP contribution < -0.4 is 21.3 Å². The van der Waals surface area contributed by atoms with Crippen molar-refractivity contribution in [2.75, 3.05) is 18.4 Å². The van der Waals surface area contributed by atoms with Crippen LogP contribution in [0, 0.1) is 0 Å². The van der Waals surface area contributed by atoms with E-state index in [1.54, 1.807) is 0 Å². The van der Waals surface area contributed by atoms with E-state index in [2.05, 4.69) is 33.4 Å². The van der Waals surface area contributed by atoms with Crippen molar-refractivity contribution in [2.45, 2.75) is 103 Å². The lowest BCUT2D eigenvalue weighted by molar-refractivity contribution is -0.123. The molecule has 0 saturated heterocycles. The standard InChI is InChI=1S/C10H13NO.C9H11NO.C8H9NO.C5H9NO2.4C3H6O/c1-9(12)11-8-7-10-5-3-2-4-6-10;1-8(11)10-7-9-5-3-2-4-6-9;1-7(10)9-8-5-3-2-4-6-8;1-4(7)3-6-5(2)8;4*1-3(2)4/h2-6H,7-8H2,1H3,(H,11,12);2-6H,7H2,1H3,(H,10,11);2-6H,1H3,(H,9,10);3H2,1-2H3,(H,6,8);4*1-2H3. The predicted molar refractivity (Wildman–Crippen MR) is 228 cm³/mol. The molecular weight excluding hydrogens is 729 g/mol. The van der Waals surface area contributed by atoms with Gasteiger partial charge in [0.2, 0.25) is 23.6 Å². The third kappa shape index (κ3) is 79.7. The summed E-state index contributed by atoms with van der Waals surface area (Å²) < 4.78 is 0. The van der Waals surface area contributed by atoms with Crippen molar-refractivity contribution in [3.63, 3.8) is 0 Å². The maximum Gasteiger partial charge on any atom is 0.221 e. The molecule has 57 heavy (non-hydrogen) atoms. The number of carbonyl (C=O) groups is 9. The van der Waals surface area contributed by atoms with E-state index >= 15 is 0 Å². The van der Waals surface area contributed by atoms with Gasteiger partial charge in [0, 0.05) is 46.5 Å². The first-order valence-electron chi connectivity index (χ1n) is 17.9. The number of ketones is 5. The van der Waals surface area contributed by atoms with Crippen molar-refractivity contribution in [3.05, 3.63) is 102 Å². The summed E-state index contributed by atoms with van der Waals surface area (Å²) in [5, 5.41) is 10.5. The minimum atomic E-state index is -0.166. The number of anilines is 1. The fourth-order valence-corrected chi connectivity index (χ4v) is 2.82. The molecule has 0 aliphatic heterocycles. The molecule has 0 saturated carbocycles. The average molecular weight is 795 g/mol. The smallest absolute Gasteiger partial charge is 0.221 e. The number of benzene rings is 3. The first-order chi connectivity index (χ1) is 26.4. The largest absolute Gasteiger partial charge is 0.356 e. The summed E-state index contributed by atoms with van der Waals surface area (Å²) in [7, 11) is 0. The average Bonchev–Trinajstić information content (AvgIpc) is 3.07. The van der Waals surface area contributed by atoms with E-state index in [9.17, 15) is 43.2 Å². The molecule has 0 aromatic heterocycles. The van der Waals surface area contributed by atoms with E-state index in [4.69, 9.17) is 0 Å². The van der Waals surface area contributed by atoms with E-state index in [1.807, 2.05) is 78.9 Å². The van der Waals surface area contributed by atoms with Crippen LogP contribution >= 0.6 is 0 Å². The number of rotatable bonds is 8. The van der Waals surface area contributed by atoms with Gasteiger partial charge < -0.3 is 40.4 Å². The summed E-state index contributed by atoms with van der Waals surface area (Å²) in [4.78, 5) is 89.5. The van der Waals surface area contributed by atoms with Gasteiger partial charge in [0.1, 0.15) is 28.9 Å². The molecule has 4 amide bonds. The SMILES string of the molecule is CC(=O)CNC(C)=O.CC(=O)NCCc1ccccc1.CC(=O)NCc1ccccc1.CC(=O)Nc1ccccc1.CC(C)=O.CC(C)=O.CC(C)=O.CC(C)=O.